The van der Waals surface area contributed by atoms with Gasteiger partial charge in [0, 0.05) is 41.6 Å². The van der Waals surface area contributed by atoms with Crippen LogP contribution >= 0.6 is 0 Å². The molecule has 0 unspecified atom stereocenters. The van der Waals surface area contributed by atoms with Crippen molar-refractivity contribution in [1.82, 2.24) is 15.3 Å². The number of hydrogen-bond acceptors (Lipinski definition) is 4. The molecule has 0 saturated heterocycles. The van der Waals surface area contributed by atoms with Gasteiger partial charge >= 0.3 is 0 Å². The monoisotopic (exact) mass is 478 g/mol. The van der Waals surface area contributed by atoms with Crippen LogP contribution in [0.1, 0.15) is 42.1 Å². The van der Waals surface area contributed by atoms with Crippen molar-refractivity contribution in [2.24, 2.45) is 4.99 Å². The van der Waals surface area contributed by atoms with Gasteiger partial charge in [0.2, 0.25) is 0 Å². The van der Waals surface area contributed by atoms with Gasteiger partial charge < -0.3 is 5.32 Å². The van der Waals surface area contributed by atoms with Crippen molar-refractivity contribution in [3.63, 3.8) is 0 Å². The lowest BCUT2D eigenvalue weighted by Crippen LogP contribution is -2.24. The number of carbonyl (C=O) groups excluding carboxylic acids is 1. The Kier molecular flexibility index (Phi) is 6.94. The van der Waals surface area contributed by atoms with Gasteiger partial charge in [0.05, 0.1) is 22.4 Å². The molecule has 2 heterocycles. The largest absolute Gasteiger partial charge is 0.352 e. The van der Waals surface area contributed by atoms with Crippen LogP contribution in [0.15, 0.2) is 84.0 Å². The molecule has 0 bridgehead atoms. The molecule has 6 heteroatoms. The van der Waals surface area contributed by atoms with Crippen molar-refractivity contribution in [1.29, 1.82) is 0 Å². The van der Waals surface area contributed by atoms with Crippen LogP contribution in [-0.4, -0.2) is 28.1 Å². The van der Waals surface area contributed by atoms with Crippen LogP contribution in [0.2, 0.25) is 0 Å². The lowest BCUT2D eigenvalue weighted by Gasteiger charge is -2.12. The summed E-state index contributed by atoms with van der Waals surface area (Å²) in [4.78, 5) is 26.9. The second kappa shape index (κ2) is 10.6. The van der Waals surface area contributed by atoms with E-state index in [-0.39, 0.29) is 11.7 Å². The summed E-state index contributed by atoms with van der Waals surface area (Å²) < 4.78 is 13.6. The van der Waals surface area contributed by atoms with Crippen molar-refractivity contribution in [3.05, 3.63) is 96.0 Å². The van der Waals surface area contributed by atoms with Gasteiger partial charge in [0.25, 0.3) is 5.91 Å². The minimum absolute atomic E-state index is 0.137. The molecule has 0 radical (unpaired) electrons. The highest BCUT2D eigenvalue weighted by atomic mass is 19.1. The van der Waals surface area contributed by atoms with Gasteiger partial charge in [-0.15, -0.1) is 0 Å². The first-order valence-electron chi connectivity index (χ1n) is 12.3. The number of amides is 1. The molecular weight excluding hydrogens is 451 g/mol. The molecule has 1 aliphatic heterocycles. The fourth-order valence-corrected chi connectivity index (χ4v) is 4.27. The SMILES string of the molecule is CCc1ccc(-c2nc3cc(C(=O)NCCCC4=NC=CC4)ccc3nc2-c2ccc(F)cc2)cc1. The summed E-state index contributed by atoms with van der Waals surface area (Å²) >= 11 is 0. The number of benzene rings is 3. The molecule has 4 aromatic rings. The smallest absolute Gasteiger partial charge is 0.251 e. The molecule has 1 aromatic heterocycles. The van der Waals surface area contributed by atoms with Gasteiger partial charge in [-0.05, 0) is 67.3 Å². The quantitative estimate of drug-likeness (QED) is 0.293. The average molecular weight is 479 g/mol. The Balaban J connectivity index is 1.44. The van der Waals surface area contributed by atoms with Crippen LogP contribution in [0.25, 0.3) is 33.5 Å². The van der Waals surface area contributed by atoms with E-state index in [2.05, 4.69) is 29.4 Å². The molecule has 36 heavy (non-hydrogen) atoms. The Morgan fingerprint density at radius 1 is 0.917 bits per heavy atom. The topological polar surface area (TPSA) is 67.2 Å². The van der Waals surface area contributed by atoms with Crippen molar-refractivity contribution in [3.8, 4) is 22.5 Å². The molecule has 0 aliphatic carbocycles. The molecule has 0 atom stereocenters. The van der Waals surface area contributed by atoms with E-state index in [1.165, 1.54) is 17.7 Å². The van der Waals surface area contributed by atoms with E-state index >= 15 is 0 Å². The molecule has 5 nitrogen and oxygen atoms in total. The maximum absolute atomic E-state index is 13.6. The molecule has 0 fully saturated rings. The third-order valence-electron chi connectivity index (χ3n) is 6.32. The van der Waals surface area contributed by atoms with Crippen LogP contribution in [-0.2, 0) is 6.42 Å². The third-order valence-corrected chi connectivity index (χ3v) is 6.32. The van der Waals surface area contributed by atoms with Crippen LogP contribution in [0, 0.1) is 5.82 Å². The molecular formula is C30H27FN4O. The van der Waals surface area contributed by atoms with E-state index in [9.17, 15) is 9.18 Å². The van der Waals surface area contributed by atoms with Crippen LogP contribution in [0.4, 0.5) is 4.39 Å². The Morgan fingerprint density at radius 2 is 1.61 bits per heavy atom. The first kappa shape index (κ1) is 23.5. The molecule has 0 spiro atoms. The highest BCUT2D eigenvalue weighted by molar-refractivity contribution is 5.98. The van der Waals surface area contributed by atoms with Gasteiger partial charge in [0.1, 0.15) is 5.82 Å². The lowest BCUT2D eigenvalue weighted by atomic mass is 10.0. The van der Waals surface area contributed by atoms with E-state index in [4.69, 9.17) is 9.97 Å². The lowest BCUT2D eigenvalue weighted by molar-refractivity contribution is 0.0953. The number of carbonyl (C=O) groups is 1. The van der Waals surface area contributed by atoms with Crippen molar-refractivity contribution < 1.29 is 9.18 Å². The number of halogens is 1. The predicted molar refractivity (Wildman–Crippen MR) is 143 cm³/mol. The zero-order chi connectivity index (χ0) is 24.9. The summed E-state index contributed by atoms with van der Waals surface area (Å²) in [5, 5.41) is 2.99. The van der Waals surface area contributed by atoms with Crippen molar-refractivity contribution >= 4 is 22.7 Å². The second-order valence-electron chi connectivity index (χ2n) is 8.83. The van der Waals surface area contributed by atoms with Gasteiger partial charge in [-0.2, -0.15) is 0 Å². The number of fused-ring (bicyclic) bond motifs is 1. The van der Waals surface area contributed by atoms with Gasteiger partial charge in [-0.25, -0.2) is 14.4 Å². The maximum Gasteiger partial charge on any atom is 0.251 e. The van der Waals surface area contributed by atoms with Crippen molar-refractivity contribution in [2.45, 2.75) is 32.6 Å². The molecule has 180 valence electrons. The minimum atomic E-state index is -0.301. The number of hydrogen-bond donors (Lipinski definition) is 1. The minimum Gasteiger partial charge on any atom is -0.352 e. The zero-order valence-electron chi connectivity index (χ0n) is 20.2. The normalized spacial score (nSPS) is 12.7. The zero-order valence-corrected chi connectivity index (χ0v) is 20.2. The van der Waals surface area contributed by atoms with Crippen molar-refractivity contribution in [2.75, 3.05) is 6.54 Å². The fourth-order valence-electron chi connectivity index (χ4n) is 4.27. The van der Waals surface area contributed by atoms with E-state index in [0.717, 1.165) is 42.5 Å². The van der Waals surface area contributed by atoms with Crippen LogP contribution in [0.3, 0.4) is 0 Å². The number of aryl methyl sites for hydroxylation is 1. The highest BCUT2D eigenvalue weighted by Gasteiger charge is 2.15. The molecule has 1 N–H and O–H groups in total. The van der Waals surface area contributed by atoms with Gasteiger partial charge in [0.15, 0.2) is 0 Å². The predicted octanol–water partition coefficient (Wildman–Crippen LogP) is 6.53. The van der Waals surface area contributed by atoms with E-state index in [0.29, 0.717) is 34.5 Å². The maximum atomic E-state index is 13.6. The summed E-state index contributed by atoms with van der Waals surface area (Å²) in [6, 6.07) is 19.8. The average Bonchev–Trinajstić information content (AvgIpc) is 3.44. The third kappa shape index (κ3) is 5.23. The molecule has 5 rings (SSSR count). The van der Waals surface area contributed by atoms with Crippen LogP contribution < -0.4 is 5.32 Å². The van der Waals surface area contributed by atoms with E-state index in [1.54, 1.807) is 24.3 Å². The first-order valence-corrected chi connectivity index (χ1v) is 12.3. The summed E-state index contributed by atoms with van der Waals surface area (Å²) in [7, 11) is 0. The number of aliphatic imine (C=N–C) groups is 1. The number of aromatic nitrogens is 2. The Hall–Kier alpha value is -4.19. The summed E-state index contributed by atoms with van der Waals surface area (Å²) in [6.45, 7) is 2.70. The fraction of sp³-hybridized carbons (Fsp3) is 0.200. The Labute approximate surface area is 209 Å². The number of allylic oxidation sites excluding steroid dienone is 1. The van der Waals surface area contributed by atoms with E-state index in [1.807, 2.05) is 30.5 Å². The number of nitrogens with one attached hydrogen (secondary N) is 1. The first-order chi connectivity index (χ1) is 17.6. The second-order valence-corrected chi connectivity index (χ2v) is 8.83. The van der Waals surface area contributed by atoms with Gasteiger partial charge in [-0.3, -0.25) is 9.79 Å². The summed E-state index contributed by atoms with van der Waals surface area (Å²) in [6.07, 6.45) is 7.44. The summed E-state index contributed by atoms with van der Waals surface area (Å²) in [5.41, 5.74) is 7.30. The van der Waals surface area contributed by atoms with E-state index < -0.39 is 0 Å². The molecule has 1 aliphatic rings. The Morgan fingerprint density at radius 3 is 2.28 bits per heavy atom. The number of nitrogens with zero attached hydrogens (tertiary/aromatic N) is 3. The van der Waals surface area contributed by atoms with Gasteiger partial charge in [-0.1, -0.05) is 37.3 Å². The number of rotatable bonds is 8. The highest BCUT2D eigenvalue weighted by Crippen LogP contribution is 2.31. The Bertz CT molecular complexity index is 1460. The summed E-state index contributed by atoms with van der Waals surface area (Å²) in [5.74, 6) is -0.438. The standard InChI is InChI=1S/C30H27FN4O/c1-2-20-7-9-21(10-8-20)29-28(22-11-14-24(31)15-12-22)34-26-16-13-23(19-27(26)35-29)30(36)33-18-4-6-25-5-3-17-32-25/h3,7-17,19H,2,4-6,18H2,1H3,(H,33,36). The molecule has 0 saturated carbocycles. The molecule has 1 amide bonds. The van der Waals surface area contributed by atoms with Crippen LogP contribution in [0.5, 0.6) is 0 Å². The molecule has 3 aromatic carbocycles.